The Hall–Kier alpha value is -1.85. The Morgan fingerprint density at radius 2 is 2.40 bits per heavy atom. The SMILES string of the molecule is C[C@H]1COc2cc(F)c([N+](=O)[O-])cc2N1. The zero-order chi connectivity index (χ0) is 11.0. The number of fused-ring (bicyclic) bond motifs is 1. The quantitative estimate of drug-likeness (QED) is 0.570. The molecule has 1 N–H and O–H groups in total. The smallest absolute Gasteiger partial charge is 0.307 e. The van der Waals surface area contributed by atoms with Gasteiger partial charge in [0.1, 0.15) is 12.4 Å². The number of nitrogens with one attached hydrogen (secondary N) is 1. The summed E-state index contributed by atoms with van der Waals surface area (Å²) in [6.07, 6.45) is 0. The first kappa shape index (κ1) is 9.70. The van der Waals surface area contributed by atoms with Gasteiger partial charge in [0.05, 0.1) is 16.7 Å². The molecule has 1 aromatic rings. The molecule has 0 radical (unpaired) electrons. The molecule has 2 rings (SSSR count). The Morgan fingerprint density at radius 1 is 1.67 bits per heavy atom. The number of anilines is 1. The predicted molar refractivity (Wildman–Crippen MR) is 51.6 cm³/mol. The molecule has 1 atom stereocenters. The molecule has 1 aliphatic heterocycles. The second-order valence-electron chi connectivity index (χ2n) is 3.41. The van der Waals surface area contributed by atoms with E-state index in [0.29, 0.717) is 18.0 Å². The molecule has 0 spiro atoms. The number of nitro groups is 1. The molecule has 80 valence electrons. The van der Waals surface area contributed by atoms with Crippen molar-refractivity contribution in [2.75, 3.05) is 11.9 Å². The van der Waals surface area contributed by atoms with Gasteiger partial charge in [0, 0.05) is 12.1 Å². The van der Waals surface area contributed by atoms with E-state index in [1.54, 1.807) is 0 Å². The fourth-order valence-electron chi connectivity index (χ4n) is 1.44. The van der Waals surface area contributed by atoms with E-state index in [-0.39, 0.29) is 6.04 Å². The van der Waals surface area contributed by atoms with Crippen molar-refractivity contribution in [3.8, 4) is 5.75 Å². The number of hydrogen-bond donors (Lipinski definition) is 1. The van der Waals surface area contributed by atoms with Gasteiger partial charge in [-0.3, -0.25) is 10.1 Å². The van der Waals surface area contributed by atoms with E-state index in [2.05, 4.69) is 5.32 Å². The lowest BCUT2D eigenvalue weighted by Crippen LogP contribution is -2.28. The minimum absolute atomic E-state index is 0.0579. The maximum atomic E-state index is 13.2. The Bertz CT molecular complexity index is 422. The van der Waals surface area contributed by atoms with Crippen LogP contribution in [-0.4, -0.2) is 17.6 Å². The van der Waals surface area contributed by atoms with Gasteiger partial charge in [0.2, 0.25) is 5.82 Å². The minimum Gasteiger partial charge on any atom is -0.489 e. The number of benzene rings is 1. The van der Waals surface area contributed by atoms with Crippen LogP contribution in [0.25, 0.3) is 0 Å². The third kappa shape index (κ3) is 1.70. The molecule has 1 aliphatic rings. The van der Waals surface area contributed by atoms with Crippen molar-refractivity contribution in [3.05, 3.63) is 28.1 Å². The summed E-state index contributed by atoms with van der Waals surface area (Å²) in [5.74, 6) is -0.564. The summed E-state index contributed by atoms with van der Waals surface area (Å²) in [5.41, 5.74) is -0.0826. The topological polar surface area (TPSA) is 64.4 Å². The lowest BCUT2D eigenvalue weighted by Gasteiger charge is -2.24. The maximum absolute atomic E-state index is 13.2. The van der Waals surface area contributed by atoms with Gasteiger partial charge in [0.15, 0.2) is 0 Å². The van der Waals surface area contributed by atoms with Crippen LogP contribution >= 0.6 is 0 Å². The Balaban J connectivity index is 2.47. The monoisotopic (exact) mass is 212 g/mol. The fourth-order valence-corrected chi connectivity index (χ4v) is 1.44. The molecule has 0 aromatic heterocycles. The van der Waals surface area contributed by atoms with Gasteiger partial charge in [0.25, 0.3) is 0 Å². The van der Waals surface area contributed by atoms with Crippen molar-refractivity contribution in [3.63, 3.8) is 0 Å². The Labute approximate surface area is 85.0 Å². The highest BCUT2D eigenvalue weighted by atomic mass is 19.1. The van der Waals surface area contributed by atoms with E-state index in [9.17, 15) is 14.5 Å². The molecule has 0 unspecified atom stereocenters. The van der Waals surface area contributed by atoms with Crippen LogP contribution in [0.3, 0.4) is 0 Å². The van der Waals surface area contributed by atoms with Crippen molar-refractivity contribution in [2.45, 2.75) is 13.0 Å². The highest BCUT2D eigenvalue weighted by molar-refractivity contribution is 5.63. The summed E-state index contributed by atoms with van der Waals surface area (Å²) >= 11 is 0. The molecular weight excluding hydrogens is 203 g/mol. The van der Waals surface area contributed by atoms with Crippen LogP contribution in [0.15, 0.2) is 12.1 Å². The second kappa shape index (κ2) is 3.38. The molecule has 0 saturated heterocycles. The summed E-state index contributed by atoms with van der Waals surface area (Å²) in [7, 11) is 0. The normalized spacial score (nSPS) is 18.7. The van der Waals surface area contributed by atoms with Crippen LogP contribution in [0.5, 0.6) is 5.75 Å². The van der Waals surface area contributed by atoms with Gasteiger partial charge in [-0.15, -0.1) is 0 Å². The van der Waals surface area contributed by atoms with E-state index in [1.165, 1.54) is 0 Å². The fraction of sp³-hybridized carbons (Fsp3) is 0.333. The van der Waals surface area contributed by atoms with Crippen LogP contribution in [0, 0.1) is 15.9 Å². The van der Waals surface area contributed by atoms with Crippen LogP contribution in [0.4, 0.5) is 15.8 Å². The standard InChI is InChI=1S/C9H9FN2O3/c1-5-4-15-9-2-6(10)8(12(13)14)3-7(9)11-5/h2-3,5,11H,4H2,1H3/t5-/m0/s1. The summed E-state index contributed by atoms with van der Waals surface area (Å²) in [6, 6.07) is 2.25. The first-order chi connectivity index (χ1) is 7.08. The zero-order valence-electron chi connectivity index (χ0n) is 7.99. The first-order valence-corrected chi connectivity index (χ1v) is 4.45. The molecule has 0 amide bonds. The molecule has 1 aromatic carbocycles. The Kier molecular flexibility index (Phi) is 2.18. The average molecular weight is 212 g/mol. The van der Waals surface area contributed by atoms with E-state index >= 15 is 0 Å². The van der Waals surface area contributed by atoms with Gasteiger partial charge in [-0.2, -0.15) is 4.39 Å². The number of ether oxygens (including phenoxy) is 1. The van der Waals surface area contributed by atoms with Crippen LogP contribution in [0.2, 0.25) is 0 Å². The van der Waals surface area contributed by atoms with Gasteiger partial charge in [-0.25, -0.2) is 0 Å². The number of rotatable bonds is 1. The van der Waals surface area contributed by atoms with Gasteiger partial charge in [-0.05, 0) is 6.92 Å². The lowest BCUT2D eigenvalue weighted by atomic mass is 10.2. The molecule has 0 saturated carbocycles. The molecule has 0 bridgehead atoms. The van der Waals surface area contributed by atoms with Gasteiger partial charge in [-0.1, -0.05) is 0 Å². The Morgan fingerprint density at radius 3 is 3.07 bits per heavy atom. The average Bonchev–Trinajstić information content (AvgIpc) is 2.17. The maximum Gasteiger partial charge on any atom is 0.307 e. The largest absolute Gasteiger partial charge is 0.489 e. The van der Waals surface area contributed by atoms with Gasteiger partial charge >= 0.3 is 5.69 Å². The predicted octanol–water partition coefficient (Wildman–Crippen LogP) is 1.93. The lowest BCUT2D eigenvalue weighted by molar-refractivity contribution is -0.387. The van der Waals surface area contributed by atoms with E-state index in [4.69, 9.17) is 4.74 Å². The molecular formula is C9H9FN2O3. The molecule has 6 heteroatoms. The van der Waals surface area contributed by atoms with Crippen LogP contribution in [0.1, 0.15) is 6.92 Å². The third-order valence-corrected chi connectivity index (χ3v) is 2.14. The number of halogens is 1. The second-order valence-corrected chi connectivity index (χ2v) is 3.41. The summed E-state index contributed by atoms with van der Waals surface area (Å²) < 4.78 is 18.4. The van der Waals surface area contributed by atoms with Crippen molar-refractivity contribution in [2.24, 2.45) is 0 Å². The zero-order valence-corrected chi connectivity index (χ0v) is 7.99. The highest BCUT2D eigenvalue weighted by Crippen LogP contribution is 2.34. The molecule has 1 heterocycles. The summed E-state index contributed by atoms with van der Waals surface area (Å²) in [5, 5.41) is 13.5. The molecule has 0 fully saturated rings. The van der Waals surface area contributed by atoms with E-state index in [1.807, 2.05) is 6.92 Å². The van der Waals surface area contributed by atoms with E-state index < -0.39 is 16.4 Å². The molecule has 15 heavy (non-hydrogen) atoms. The van der Waals surface area contributed by atoms with Gasteiger partial charge < -0.3 is 10.1 Å². The van der Waals surface area contributed by atoms with E-state index in [0.717, 1.165) is 12.1 Å². The number of nitrogens with zero attached hydrogens (tertiary/aromatic N) is 1. The van der Waals surface area contributed by atoms with Crippen molar-refractivity contribution in [1.29, 1.82) is 0 Å². The number of hydrogen-bond acceptors (Lipinski definition) is 4. The van der Waals surface area contributed by atoms with Crippen LogP contribution in [-0.2, 0) is 0 Å². The van der Waals surface area contributed by atoms with Crippen molar-refractivity contribution < 1.29 is 14.1 Å². The van der Waals surface area contributed by atoms with Crippen LogP contribution < -0.4 is 10.1 Å². The van der Waals surface area contributed by atoms with Crippen molar-refractivity contribution >= 4 is 11.4 Å². The van der Waals surface area contributed by atoms with Crippen molar-refractivity contribution in [1.82, 2.24) is 0 Å². The summed E-state index contributed by atoms with van der Waals surface area (Å²) in [4.78, 5) is 9.73. The highest BCUT2D eigenvalue weighted by Gasteiger charge is 2.22. The summed E-state index contributed by atoms with van der Waals surface area (Å²) in [6.45, 7) is 2.29. The molecule has 0 aliphatic carbocycles. The third-order valence-electron chi connectivity index (χ3n) is 2.14. The minimum atomic E-state index is -0.880. The molecule has 5 nitrogen and oxygen atoms in total. The number of nitro benzene ring substituents is 1. The first-order valence-electron chi connectivity index (χ1n) is 4.45.